The van der Waals surface area contributed by atoms with Crippen LogP contribution in [0.1, 0.15) is 43.2 Å². The Morgan fingerprint density at radius 1 is 1.22 bits per heavy atom. The number of primary amides is 1. The maximum Gasteiger partial charge on any atom is 0.240 e. The number of benzene rings is 1. The minimum Gasteiger partial charge on any atom is -0.370 e. The molecule has 1 aromatic carbocycles. The summed E-state index contributed by atoms with van der Waals surface area (Å²) in [5.41, 5.74) is 7.13. The summed E-state index contributed by atoms with van der Waals surface area (Å²) in [6.07, 6.45) is 3.02. The highest BCUT2D eigenvalue weighted by atomic mass is 32.2. The van der Waals surface area contributed by atoms with Gasteiger partial charge < -0.3 is 10.6 Å². The number of sulfonamides is 1. The lowest BCUT2D eigenvalue weighted by atomic mass is 9.93. The lowest BCUT2D eigenvalue weighted by molar-refractivity contribution is -0.132. The first-order valence-corrected chi connectivity index (χ1v) is 10.8. The Balaban J connectivity index is 1.84. The molecule has 1 unspecified atom stereocenters. The number of amides is 2. The van der Waals surface area contributed by atoms with Crippen LogP contribution in [0.3, 0.4) is 0 Å². The molecule has 1 atom stereocenters. The van der Waals surface area contributed by atoms with Crippen molar-refractivity contribution in [1.82, 2.24) is 9.62 Å². The first-order valence-electron chi connectivity index (χ1n) is 9.32. The number of rotatable bonds is 8. The Hall–Kier alpha value is -1.93. The maximum atomic E-state index is 12.4. The molecule has 2 amide bonds. The second-order valence-corrected chi connectivity index (χ2v) is 9.01. The van der Waals surface area contributed by atoms with Gasteiger partial charge >= 0.3 is 0 Å². The summed E-state index contributed by atoms with van der Waals surface area (Å²) in [5, 5.41) is 0. The molecular weight excluding hydrogens is 366 g/mol. The summed E-state index contributed by atoms with van der Waals surface area (Å²) < 4.78 is 27.3. The number of nitrogens with one attached hydrogen (secondary N) is 1. The fraction of sp³-hybridized carbons (Fsp3) is 0.579. The van der Waals surface area contributed by atoms with Crippen LogP contribution in [0.15, 0.2) is 23.1 Å². The third-order valence-electron chi connectivity index (χ3n) is 5.09. The highest BCUT2D eigenvalue weighted by molar-refractivity contribution is 7.89. The van der Waals surface area contributed by atoms with E-state index in [4.69, 9.17) is 5.73 Å². The van der Waals surface area contributed by atoms with E-state index in [0.29, 0.717) is 25.9 Å². The molecule has 0 bridgehead atoms. The second kappa shape index (κ2) is 9.32. The Morgan fingerprint density at radius 2 is 1.96 bits per heavy atom. The van der Waals surface area contributed by atoms with Gasteiger partial charge in [0.05, 0.1) is 4.90 Å². The van der Waals surface area contributed by atoms with Gasteiger partial charge in [0.15, 0.2) is 0 Å². The van der Waals surface area contributed by atoms with Crippen LogP contribution in [0.4, 0.5) is 0 Å². The first kappa shape index (κ1) is 21.4. The van der Waals surface area contributed by atoms with E-state index in [-0.39, 0.29) is 35.6 Å². The molecule has 1 heterocycles. The molecule has 0 aromatic heterocycles. The van der Waals surface area contributed by atoms with Crippen molar-refractivity contribution in [2.24, 2.45) is 11.7 Å². The molecule has 1 aromatic rings. The van der Waals surface area contributed by atoms with Crippen LogP contribution >= 0.6 is 0 Å². The molecule has 150 valence electrons. The van der Waals surface area contributed by atoms with E-state index in [2.05, 4.69) is 4.72 Å². The highest BCUT2D eigenvalue weighted by Gasteiger charge is 2.24. The predicted octanol–water partition coefficient (Wildman–Crippen LogP) is 1.48. The smallest absolute Gasteiger partial charge is 0.240 e. The van der Waals surface area contributed by atoms with Crippen LogP contribution < -0.4 is 10.5 Å². The van der Waals surface area contributed by atoms with Crippen LogP contribution in [0, 0.1) is 19.8 Å². The summed E-state index contributed by atoms with van der Waals surface area (Å²) >= 11 is 0. The van der Waals surface area contributed by atoms with Gasteiger partial charge in [0.2, 0.25) is 21.8 Å². The maximum absolute atomic E-state index is 12.4. The molecular formula is C19H29N3O4S. The number of nitrogens with zero attached hydrogens (tertiary/aromatic N) is 1. The first-order chi connectivity index (χ1) is 12.7. The van der Waals surface area contributed by atoms with E-state index in [1.165, 1.54) is 0 Å². The summed E-state index contributed by atoms with van der Waals surface area (Å²) in [5.74, 6) is -0.108. The van der Waals surface area contributed by atoms with Crippen LogP contribution in [-0.4, -0.2) is 44.8 Å². The number of piperidine rings is 1. The van der Waals surface area contributed by atoms with E-state index < -0.39 is 10.0 Å². The average Bonchev–Trinajstić information content (AvgIpc) is 2.62. The lowest BCUT2D eigenvalue weighted by Gasteiger charge is -2.32. The van der Waals surface area contributed by atoms with Crippen molar-refractivity contribution in [2.45, 2.75) is 50.8 Å². The van der Waals surface area contributed by atoms with Crippen molar-refractivity contribution < 1.29 is 18.0 Å². The summed E-state index contributed by atoms with van der Waals surface area (Å²) in [4.78, 5) is 25.3. The number of likely N-dealkylation sites (tertiary alicyclic amines) is 1. The van der Waals surface area contributed by atoms with Gasteiger partial charge in [0.1, 0.15) is 0 Å². The fourth-order valence-electron chi connectivity index (χ4n) is 3.29. The summed E-state index contributed by atoms with van der Waals surface area (Å²) in [7, 11) is -3.63. The van der Waals surface area contributed by atoms with Gasteiger partial charge in [-0.15, -0.1) is 0 Å². The zero-order valence-corrected chi connectivity index (χ0v) is 16.8. The van der Waals surface area contributed by atoms with Gasteiger partial charge in [-0.2, -0.15) is 0 Å². The lowest BCUT2D eigenvalue weighted by Crippen LogP contribution is -2.41. The van der Waals surface area contributed by atoms with Gasteiger partial charge in [-0.25, -0.2) is 13.1 Å². The van der Waals surface area contributed by atoms with Crippen LogP contribution in [0.25, 0.3) is 0 Å². The SMILES string of the molecule is Cc1ccc(S(=O)(=O)NCCC(=O)N2CCCC(CCC(N)=O)C2)cc1C. The topological polar surface area (TPSA) is 110 Å². The van der Waals surface area contributed by atoms with Crippen LogP contribution in [0.2, 0.25) is 0 Å². The van der Waals surface area contributed by atoms with E-state index in [9.17, 15) is 18.0 Å². The molecule has 27 heavy (non-hydrogen) atoms. The van der Waals surface area contributed by atoms with Crippen molar-refractivity contribution in [3.63, 3.8) is 0 Å². The van der Waals surface area contributed by atoms with Gasteiger partial charge in [0, 0.05) is 32.5 Å². The zero-order chi connectivity index (χ0) is 20.0. The van der Waals surface area contributed by atoms with Gasteiger partial charge in [-0.05, 0) is 62.3 Å². The molecule has 2 rings (SSSR count). The largest absolute Gasteiger partial charge is 0.370 e. The molecule has 0 aliphatic carbocycles. The molecule has 7 nitrogen and oxygen atoms in total. The number of nitrogens with two attached hydrogens (primary N) is 1. The zero-order valence-electron chi connectivity index (χ0n) is 16.0. The Bertz CT molecular complexity index is 792. The Kier molecular flexibility index (Phi) is 7.38. The number of carbonyl (C=O) groups is 2. The van der Waals surface area contributed by atoms with Gasteiger partial charge in [-0.1, -0.05) is 6.07 Å². The molecule has 0 saturated carbocycles. The van der Waals surface area contributed by atoms with Crippen LogP contribution in [0.5, 0.6) is 0 Å². The highest BCUT2D eigenvalue weighted by Crippen LogP contribution is 2.21. The summed E-state index contributed by atoms with van der Waals surface area (Å²) in [6.45, 7) is 5.14. The third kappa shape index (κ3) is 6.32. The number of hydrogen-bond acceptors (Lipinski definition) is 4. The predicted molar refractivity (Wildman–Crippen MR) is 103 cm³/mol. The monoisotopic (exact) mass is 395 g/mol. The molecule has 1 saturated heterocycles. The van der Waals surface area contributed by atoms with Crippen molar-refractivity contribution >= 4 is 21.8 Å². The summed E-state index contributed by atoms with van der Waals surface area (Å²) in [6, 6.07) is 4.98. The second-order valence-electron chi connectivity index (χ2n) is 7.25. The van der Waals surface area contributed by atoms with Gasteiger partial charge in [0.25, 0.3) is 0 Å². The third-order valence-corrected chi connectivity index (χ3v) is 6.55. The van der Waals surface area contributed by atoms with E-state index in [1.54, 1.807) is 23.1 Å². The molecule has 0 radical (unpaired) electrons. The molecule has 3 N–H and O–H groups in total. The van der Waals surface area contributed by atoms with Crippen molar-refractivity contribution in [1.29, 1.82) is 0 Å². The molecule has 1 aliphatic rings. The molecule has 8 heteroatoms. The number of carbonyl (C=O) groups excluding carboxylic acids is 2. The Morgan fingerprint density at radius 3 is 2.63 bits per heavy atom. The van der Waals surface area contributed by atoms with Crippen molar-refractivity contribution in [3.8, 4) is 0 Å². The van der Waals surface area contributed by atoms with Crippen LogP contribution in [-0.2, 0) is 19.6 Å². The quantitative estimate of drug-likeness (QED) is 0.694. The van der Waals surface area contributed by atoms with Crippen molar-refractivity contribution in [3.05, 3.63) is 29.3 Å². The minimum absolute atomic E-state index is 0.0660. The average molecular weight is 396 g/mol. The van der Waals surface area contributed by atoms with E-state index in [0.717, 1.165) is 24.0 Å². The Labute approximate surface area is 161 Å². The minimum atomic E-state index is -3.63. The normalized spacial score (nSPS) is 17.7. The molecule has 1 fully saturated rings. The van der Waals surface area contributed by atoms with Crippen molar-refractivity contribution in [2.75, 3.05) is 19.6 Å². The number of aryl methyl sites for hydroxylation is 2. The van der Waals surface area contributed by atoms with E-state index >= 15 is 0 Å². The number of hydrogen-bond donors (Lipinski definition) is 2. The molecule has 0 spiro atoms. The van der Waals surface area contributed by atoms with Gasteiger partial charge in [-0.3, -0.25) is 9.59 Å². The fourth-order valence-corrected chi connectivity index (χ4v) is 4.41. The van der Waals surface area contributed by atoms with E-state index in [1.807, 2.05) is 13.8 Å². The standard InChI is InChI=1S/C19H29N3O4S/c1-14-5-7-17(12-15(14)2)27(25,26)21-10-9-19(24)22-11-3-4-16(13-22)6-8-18(20)23/h5,7,12,16,21H,3-4,6,8-11,13H2,1-2H3,(H2,20,23). The molecule has 1 aliphatic heterocycles.